The molecule has 2 bridgehead atoms. The van der Waals surface area contributed by atoms with E-state index in [-0.39, 0.29) is 72.1 Å². The largest absolute Gasteiger partial charge is 0.465 e. The number of aromatic nitrogens is 6. The number of piperidine rings is 1. The van der Waals surface area contributed by atoms with E-state index in [9.17, 15) is 19.5 Å². The molecule has 3 aromatic carbocycles. The lowest BCUT2D eigenvalue weighted by molar-refractivity contribution is -0.141. The number of benzene rings is 3. The fraction of sp³-hybridized carbons (Fsp3) is 0.549. The Kier molecular flexibility index (Phi) is 18.4. The van der Waals surface area contributed by atoms with Crippen molar-refractivity contribution in [1.29, 1.82) is 0 Å². The molecule has 6 aliphatic rings. The maximum absolute atomic E-state index is 17.9. The number of aryl methyl sites for hydroxylation is 2. The van der Waals surface area contributed by atoms with E-state index in [0.717, 1.165) is 117 Å². The predicted molar refractivity (Wildman–Crippen MR) is 351 cm³/mol. The SMILES string of the molecule is CCc1cccc2cc(OC3CCCCO3)cc(-c3ncc4c(N5CC6CCC(C5)N6C(=O)OC(C)(C)C)nc(OCCN5CCC(CC6CN(c7cc(C(C(=O)N8C[C@H](O)C[C@H]8C(=O)NC(C)c8ccc(-c9ccnn9C)cc8)C(C)C)on7)C6)CC5)nc4c3F)c12. The molecule has 10 heterocycles. The first-order valence-corrected chi connectivity index (χ1v) is 33.7. The van der Waals surface area contributed by atoms with Crippen LogP contribution in [0.15, 0.2) is 83.6 Å². The summed E-state index contributed by atoms with van der Waals surface area (Å²) >= 11 is 0. The van der Waals surface area contributed by atoms with E-state index in [1.807, 2.05) is 119 Å². The second-order valence-corrected chi connectivity index (χ2v) is 28.0. The lowest BCUT2D eigenvalue weighted by atomic mass is 9.83. The van der Waals surface area contributed by atoms with E-state index >= 15 is 4.39 Å². The number of fused-ring (bicyclic) bond motifs is 4. The number of aliphatic hydroxyl groups excluding tert-OH is 1. The number of hydrogen-bond acceptors (Lipinski definition) is 17. The van der Waals surface area contributed by atoms with Crippen LogP contribution in [0.25, 0.3) is 44.2 Å². The molecule has 6 saturated heterocycles. The van der Waals surface area contributed by atoms with Crippen molar-refractivity contribution in [2.75, 3.05) is 75.4 Å². The summed E-state index contributed by atoms with van der Waals surface area (Å²) in [6, 6.07) is 20.5. The normalized spacial score (nSPS) is 22.2. The number of hydrogen-bond donors (Lipinski definition) is 2. The molecule has 0 spiro atoms. The van der Waals surface area contributed by atoms with Crippen molar-refractivity contribution in [3.63, 3.8) is 0 Å². The quantitative estimate of drug-likeness (QED) is 0.0769. The Bertz CT molecular complexity index is 3820. The van der Waals surface area contributed by atoms with E-state index in [0.29, 0.717) is 78.8 Å². The van der Waals surface area contributed by atoms with Crippen molar-refractivity contribution < 1.29 is 47.4 Å². The molecule has 494 valence electrons. The molecule has 7 aromatic rings. The van der Waals surface area contributed by atoms with Crippen molar-refractivity contribution in [2.24, 2.45) is 24.8 Å². The highest BCUT2D eigenvalue weighted by Crippen LogP contribution is 2.42. The van der Waals surface area contributed by atoms with Crippen LogP contribution in [0.5, 0.6) is 11.8 Å². The number of nitrogens with one attached hydrogen (secondary N) is 1. The number of ether oxygens (including phenoxy) is 4. The molecule has 7 atom stereocenters. The van der Waals surface area contributed by atoms with Gasteiger partial charge in [-0.3, -0.25) is 29.1 Å². The number of β-amino-alcohol motifs (C(OH)–C–C–N with tert-alkyl or cyclic N) is 1. The summed E-state index contributed by atoms with van der Waals surface area (Å²) in [5, 5.41) is 25.0. The summed E-state index contributed by atoms with van der Waals surface area (Å²) in [7, 11) is 1.90. The summed E-state index contributed by atoms with van der Waals surface area (Å²) in [6.07, 6.45) is 10.4. The van der Waals surface area contributed by atoms with E-state index in [2.05, 4.69) is 43.3 Å². The maximum Gasteiger partial charge on any atom is 0.410 e. The number of aliphatic hydroxyl groups is 1. The summed E-state index contributed by atoms with van der Waals surface area (Å²) in [5.74, 6) is 1.31. The fourth-order valence-corrected chi connectivity index (χ4v) is 15.1. The lowest BCUT2D eigenvalue weighted by Crippen LogP contribution is -2.57. The number of nitrogens with zero attached hydrogens (tertiary/aromatic N) is 11. The zero-order valence-electron chi connectivity index (χ0n) is 54.9. The molecule has 21 nitrogen and oxygen atoms in total. The van der Waals surface area contributed by atoms with Crippen molar-refractivity contribution in [3.8, 4) is 34.3 Å². The summed E-state index contributed by atoms with van der Waals surface area (Å²) < 4.78 is 50.4. The average Bonchev–Trinajstić information content (AvgIpc) is 1.43. The van der Waals surface area contributed by atoms with E-state index in [4.69, 9.17) is 38.4 Å². The number of halogens is 1. The standard InChI is InChI=1S/C71H89FN12O9/c1-9-46-13-12-14-49-32-53(91-60-15-10-11-29-89-60)34-54(62(46)49)64-63(72)65-55(36-73-64)66(82-39-50-20-21-51(40-82)84(50)70(88)92-71(5,6)7)77-69(76-65)90-30-28-80-26-23-44(24-27-80)31-45-37-81(38-45)59-35-58(93-78-59)61(42(2)3)68(87)83-41-52(85)33-57(83)67(86)75-43(4)47-16-18-48(19-17-47)56-22-25-74-79(56)8/h12-14,16-19,22,25,32,34-36,42-45,50-52,57,60-61,85H,9-11,15,20-21,23-24,26-31,33,37-41H2,1-8H3,(H,75,86)/t43?,50?,51?,52-,57+,60?,61?/m1/s1. The number of piperazine rings is 1. The molecule has 6 aliphatic heterocycles. The monoisotopic (exact) mass is 1270 g/mol. The van der Waals surface area contributed by atoms with Gasteiger partial charge in [-0.15, -0.1) is 0 Å². The minimum absolute atomic E-state index is 0.0574. The van der Waals surface area contributed by atoms with Gasteiger partial charge in [0.1, 0.15) is 46.9 Å². The third-order valence-electron chi connectivity index (χ3n) is 19.9. The van der Waals surface area contributed by atoms with Crippen molar-refractivity contribution in [2.45, 2.75) is 161 Å². The van der Waals surface area contributed by atoms with Gasteiger partial charge in [0.05, 0.1) is 41.9 Å². The second kappa shape index (κ2) is 26.8. The van der Waals surface area contributed by atoms with E-state index in [1.165, 1.54) is 4.90 Å². The molecule has 93 heavy (non-hydrogen) atoms. The van der Waals surface area contributed by atoms with Gasteiger partial charge in [-0.05, 0) is 156 Å². The van der Waals surface area contributed by atoms with Crippen LogP contribution in [0.2, 0.25) is 0 Å². The fourth-order valence-electron chi connectivity index (χ4n) is 15.1. The minimum atomic E-state index is -0.832. The first-order valence-electron chi connectivity index (χ1n) is 33.7. The Morgan fingerprint density at radius 2 is 1.66 bits per heavy atom. The van der Waals surface area contributed by atoms with Gasteiger partial charge in [-0.1, -0.05) is 68.4 Å². The number of rotatable bonds is 19. The van der Waals surface area contributed by atoms with Crippen LogP contribution in [-0.2, 0) is 32.5 Å². The Hall–Kier alpha value is -7.95. The molecule has 3 amide bonds. The van der Waals surface area contributed by atoms with Crippen LogP contribution in [0, 0.1) is 23.6 Å². The Morgan fingerprint density at radius 1 is 0.882 bits per heavy atom. The Balaban J connectivity index is 0.638. The topological polar surface area (TPSA) is 219 Å². The van der Waals surface area contributed by atoms with Gasteiger partial charge in [0.15, 0.2) is 23.7 Å². The molecular formula is C71H89FN12O9. The maximum atomic E-state index is 17.9. The van der Waals surface area contributed by atoms with Crippen LogP contribution in [-0.4, -0.2) is 169 Å². The van der Waals surface area contributed by atoms with E-state index < -0.39 is 35.8 Å². The molecule has 4 aromatic heterocycles. The number of pyridine rings is 1. The summed E-state index contributed by atoms with van der Waals surface area (Å²) in [5.41, 5.74) is 4.23. The zero-order valence-corrected chi connectivity index (χ0v) is 54.9. The highest BCUT2D eigenvalue weighted by atomic mass is 19.1. The van der Waals surface area contributed by atoms with Crippen molar-refractivity contribution in [1.82, 2.24) is 49.9 Å². The van der Waals surface area contributed by atoms with Crippen LogP contribution >= 0.6 is 0 Å². The van der Waals surface area contributed by atoms with Gasteiger partial charge >= 0.3 is 12.1 Å². The highest BCUT2D eigenvalue weighted by Gasteiger charge is 2.47. The summed E-state index contributed by atoms with van der Waals surface area (Å²) in [4.78, 5) is 66.9. The third kappa shape index (κ3) is 13.6. The predicted octanol–water partition coefficient (Wildman–Crippen LogP) is 10.6. The number of amides is 3. The lowest BCUT2D eigenvalue weighted by Gasteiger charge is -2.42. The minimum Gasteiger partial charge on any atom is -0.465 e. The summed E-state index contributed by atoms with van der Waals surface area (Å²) in [6.45, 7) is 19.7. The number of likely N-dealkylation sites (tertiary alicyclic amines) is 2. The molecule has 22 heteroatoms. The van der Waals surface area contributed by atoms with Crippen molar-refractivity contribution in [3.05, 3.63) is 102 Å². The first-order chi connectivity index (χ1) is 44.8. The molecule has 0 aliphatic carbocycles. The van der Waals surface area contributed by atoms with Crippen LogP contribution in [0.1, 0.15) is 135 Å². The van der Waals surface area contributed by atoms with Crippen LogP contribution < -0.4 is 24.6 Å². The van der Waals surface area contributed by atoms with E-state index in [1.54, 1.807) is 12.4 Å². The molecule has 6 fully saturated rings. The molecule has 5 unspecified atom stereocenters. The van der Waals surface area contributed by atoms with Crippen molar-refractivity contribution >= 4 is 51.2 Å². The van der Waals surface area contributed by atoms with Gasteiger partial charge in [-0.25, -0.2) is 9.18 Å². The third-order valence-corrected chi connectivity index (χ3v) is 19.9. The molecular weight excluding hydrogens is 1180 g/mol. The molecule has 2 N–H and O–H groups in total. The molecule has 0 radical (unpaired) electrons. The number of anilines is 2. The van der Waals surface area contributed by atoms with Crippen LogP contribution in [0.3, 0.4) is 0 Å². The van der Waals surface area contributed by atoms with Gasteiger partial charge in [0, 0.05) is 83.2 Å². The molecule has 13 rings (SSSR count). The number of carbonyl (C=O) groups excluding carboxylic acids is 3. The second-order valence-electron chi connectivity index (χ2n) is 28.0. The first kappa shape index (κ1) is 63.8. The van der Waals surface area contributed by atoms with Gasteiger partial charge in [-0.2, -0.15) is 15.1 Å². The van der Waals surface area contributed by atoms with Crippen LogP contribution in [0.4, 0.5) is 20.8 Å². The molecule has 0 saturated carbocycles. The smallest absolute Gasteiger partial charge is 0.410 e. The highest BCUT2D eigenvalue weighted by molar-refractivity contribution is 6.02. The average molecular weight is 1270 g/mol. The Morgan fingerprint density at radius 3 is 2.35 bits per heavy atom. The van der Waals surface area contributed by atoms with Gasteiger partial charge < -0.3 is 48.6 Å². The van der Waals surface area contributed by atoms with Gasteiger partial charge in [0.2, 0.25) is 11.8 Å². The number of carbonyl (C=O) groups is 3. The Labute approximate surface area is 543 Å². The zero-order chi connectivity index (χ0) is 64.8. The van der Waals surface area contributed by atoms with Gasteiger partial charge in [0.25, 0.3) is 0 Å².